The van der Waals surface area contributed by atoms with E-state index < -0.39 is 0 Å². The zero-order valence-corrected chi connectivity index (χ0v) is 14.2. The van der Waals surface area contributed by atoms with Gasteiger partial charge in [0.05, 0.1) is 18.5 Å². The number of hydrogen-bond donors (Lipinski definition) is 1. The van der Waals surface area contributed by atoms with E-state index in [1.54, 1.807) is 24.5 Å². The average molecular weight is 333 g/mol. The molecule has 1 saturated heterocycles. The van der Waals surface area contributed by atoms with Crippen LogP contribution in [-0.4, -0.2) is 53.8 Å². The molecule has 3 atom stereocenters. The minimum Gasteiger partial charge on any atom is -0.461 e. The fourth-order valence-corrected chi connectivity index (χ4v) is 2.95. The van der Waals surface area contributed by atoms with Crippen LogP contribution in [0.15, 0.2) is 33.4 Å². The van der Waals surface area contributed by atoms with Crippen LogP contribution in [0.2, 0.25) is 0 Å². The molecular weight excluding hydrogens is 310 g/mol. The monoisotopic (exact) mass is 333 g/mol. The van der Waals surface area contributed by atoms with Gasteiger partial charge in [-0.1, -0.05) is 5.16 Å². The third-order valence-corrected chi connectivity index (χ3v) is 4.14. The first-order valence-electron chi connectivity index (χ1n) is 8.21. The Hall–Kier alpha value is -2.12. The van der Waals surface area contributed by atoms with Gasteiger partial charge < -0.3 is 19.0 Å². The smallest absolute Gasteiger partial charge is 0.273 e. The summed E-state index contributed by atoms with van der Waals surface area (Å²) >= 11 is 0. The number of amides is 1. The Bertz CT molecular complexity index is 657. The zero-order valence-electron chi connectivity index (χ0n) is 14.2. The van der Waals surface area contributed by atoms with Crippen molar-refractivity contribution in [3.63, 3.8) is 0 Å². The first kappa shape index (κ1) is 16.7. The molecule has 1 aliphatic heterocycles. The fraction of sp³-hybridized carbons (Fsp3) is 0.529. The van der Waals surface area contributed by atoms with E-state index in [2.05, 4.69) is 36.1 Å². The van der Waals surface area contributed by atoms with Gasteiger partial charge in [-0.05, 0) is 32.9 Å². The van der Waals surface area contributed by atoms with Crippen LogP contribution < -0.4 is 5.32 Å². The third kappa shape index (κ3) is 3.85. The maximum Gasteiger partial charge on any atom is 0.273 e. The number of nitrogens with zero attached hydrogens (tertiary/aromatic N) is 2. The van der Waals surface area contributed by atoms with Gasteiger partial charge in [-0.3, -0.25) is 9.69 Å². The highest BCUT2D eigenvalue weighted by Gasteiger charge is 2.26. The molecule has 1 N–H and O–H groups in total. The van der Waals surface area contributed by atoms with Crippen molar-refractivity contribution < 1.29 is 18.5 Å². The van der Waals surface area contributed by atoms with E-state index in [1.807, 2.05) is 0 Å². The van der Waals surface area contributed by atoms with E-state index in [1.165, 1.54) is 0 Å². The Kier molecular flexibility index (Phi) is 5.01. The van der Waals surface area contributed by atoms with Crippen LogP contribution in [-0.2, 0) is 4.74 Å². The van der Waals surface area contributed by atoms with Crippen molar-refractivity contribution in [2.45, 2.75) is 39.0 Å². The Morgan fingerprint density at radius 3 is 2.79 bits per heavy atom. The molecule has 0 aromatic carbocycles. The lowest BCUT2D eigenvalue weighted by molar-refractivity contribution is -0.0778. The quantitative estimate of drug-likeness (QED) is 0.903. The number of ether oxygens (including phenoxy) is 1. The molecule has 0 spiro atoms. The summed E-state index contributed by atoms with van der Waals surface area (Å²) in [7, 11) is 0. The SMILES string of the molecule is C[C@@H]1CN([C@H](C)CNC(=O)c2cc(-c3ccco3)on2)C[C@@H](C)O1. The molecule has 0 bridgehead atoms. The number of nitrogens with one attached hydrogen (secondary N) is 1. The van der Waals surface area contributed by atoms with E-state index in [-0.39, 0.29) is 29.9 Å². The zero-order chi connectivity index (χ0) is 17.1. The Morgan fingerprint density at radius 1 is 1.38 bits per heavy atom. The predicted octanol–water partition coefficient (Wildman–Crippen LogP) is 2.16. The van der Waals surface area contributed by atoms with Crippen molar-refractivity contribution >= 4 is 5.91 Å². The second-order valence-corrected chi connectivity index (χ2v) is 6.32. The van der Waals surface area contributed by atoms with Crippen LogP contribution >= 0.6 is 0 Å². The third-order valence-electron chi connectivity index (χ3n) is 4.14. The number of aromatic nitrogens is 1. The summed E-state index contributed by atoms with van der Waals surface area (Å²) in [5, 5.41) is 6.72. The minimum atomic E-state index is -0.252. The van der Waals surface area contributed by atoms with Crippen molar-refractivity contribution in [3.05, 3.63) is 30.2 Å². The lowest BCUT2D eigenvalue weighted by Gasteiger charge is -2.38. The summed E-state index contributed by atoms with van der Waals surface area (Å²) in [6.45, 7) is 8.52. The highest BCUT2D eigenvalue weighted by Crippen LogP contribution is 2.20. The predicted molar refractivity (Wildman–Crippen MR) is 87.6 cm³/mol. The average Bonchev–Trinajstić information content (AvgIpc) is 3.21. The van der Waals surface area contributed by atoms with Gasteiger partial charge in [-0.25, -0.2) is 0 Å². The summed E-state index contributed by atoms with van der Waals surface area (Å²) < 4.78 is 16.1. The van der Waals surface area contributed by atoms with Gasteiger partial charge in [-0.15, -0.1) is 0 Å². The number of carbonyl (C=O) groups excluding carboxylic acids is 1. The largest absolute Gasteiger partial charge is 0.461 e. The molecule has 0 aliphatic carbocycles. The second kappa shape index (κ2) is 7.19. The van der Waals surface area contributed by atoms with E-state index >= 15 is 0 Å². The lowest BCUT2D eigenvalue weighted by Crippen LogP contribution is -2.52. The molecule has 7 nitrogen and oxygen atoms in total. The number of carbonyl (C=O) groups is 1. The number of rotatable bonds is 5. The standard InChI is InChI=1S/C17H23N3O4/c1-11(20-9-12(2)23-13(3)10-20)8-18-17(21)14-7-16(24-19-14)15-5-4-6-22-15/h4-7,11-13H,8-10H2,1-3H3,(H,18,21)/t11-,12-,13-/m1/s1. The molecule has 2 aromatic rings. The topological polar surface area (TPSA) is 80.7 Å². The van der Waals surface area contributed by atoms with Gasteiger partial charge >= 0.3 is 0 Å². The molecule has 3 rings (SSSR count). The van der Waals surface area contributed by atoms with E-state index in [4.69, 9.17) is 13.7 Å². The van der Waals surface area contributed by atoms with Gasteiger partial charge in [0.25, 0.3) is 5.91 Å². The summed E-state index contributed by atoms with van der Waals surface area (Å²) in [4.78, 5) is 14.6. The molecule has 2 aromatic heterocycles. The van der Waals surface area contributed by atoms with Crippen LogP contribution in [0, 0.1) is 0 Å². The normalized spacial score (nSPS) is 23.1. The highest BCUT2D eigenvalue weighted by molar-refractivity contribution is 5.92. The second-order valence-electron chi connectivity index (χ2n) is 6.32. The molecule has 24 heavy (non-hydrogen) atoms. The Labute approximate surface area is 140 Å². The van der Waals surface area contributed by atoms with Crippen molar-refractivity contribution in [1.82, 2.24) is 15.4 Å². The molecule has 1 amide bonds. The molecule has 130 valence electrons. The van der Waals surface area contributed by atoms with Crippen LogP contribution in [0.3, 0.4) is 0 Å². The van der Waals surface area contributed by atoms with Crippen molar-refractivity contribution in [1.29, 1.82) is 0 Å². The van der Waals surface area contributed by atoms with E-state index in [0.717, 1.165) is 13.1 Å². The van der Waals surface area contributed by atoms with Crippen molar-refractivity contribution in [3.8, 4) is 11.5 Å². The lowest BCUT2D eigenvalue weighted by atomic mass is 10.1. The molecule has 1 fully saturated rings. The molecule has 0 saturated carbocycles. The molecule has 3 heterocycles. The summed E-state index contributed by atoms with van der Waals surface area (Å²) in [6.07, 6.45) is 1.96. The summed E-state index contributed by atoms with van der Waals surface area (Å²) in [5.41, 5.74) is 0.248. The van der Waals surface area contributed by atoms with Gasteiger partial charge in [0, 0.05) is 31.7 Å². The maximum absolute atomic E-state index is 12.2. The van der Waals surface area contributed by atoms with Gasteiger partial charge in [0.1, 0.15) is 0 Å². The van der Waals surface area contributed by atoms with Crippen molar-refractivity contribution in [2.75, 3.05) is 19.6 Å². The molecular formula is C17H23N3O4. The minimum absolute atomic E-state index is 0.207. The summed E-state index contributed by atoms with van der Waals surface area (Å²) in [6, 6.07) is 5.31. The molecule has 0 radical (unpaired) electrons. The maximum atomic E-state index is 12.2. The highest BCUT2D eigenvalue weighted by atomic mass is 16.5. The van der Waals surface area contributed by atoms with Crippen LogP contribution in [0.1, 0.15) is 31.3 Å². The number of hydrogen-bond acceptors (Lipinski definition) is 6. The van der Waals surface area contributed by atoms with Gasteiger partial charge in [0.15, 0.2) is 11.5 Å². The van der Waals surface area contributed by atoms with Crippen molar-refractivity contribution in [2.24, 2.45) is 0 Å². The fourth-order valence-electron chi connectivity index (χ4n) is 2.95. The Morgan fingerprint density at radius 2 is 2.12 bits per heavy atom. The molecule has 7 heteroatoms. The molecule has 0 unspecified atom stereocenters. The Balaban J connectivity index is 1.53. The van der Waals surface area contributed by atoms with E-state index in [9.17, 15) is 4.79 Å². The first-order chi connectivity index (χ1) is 11.5. The van der Waals surface area contributed by atoms with Crippen LogP contribution in [0.5, 0.6) is 0 Å². The number of morpholine rings is 1. The van der Waals surface area contributed by atoms with Gasteiger partial charge in [0.2, 0.25) is 5.76 Å². The van der Waals surface area contributed by atoms with Crippen LogP contribution in [0.25, 0.3) is 11.5 Å². The van der Waals surface area contributed by atoms with Gasteiger partial charge in [-0.2, -0.15) is 0 Å². The first-order valence-corrected chi connectivity index (χ1v) is 8.21. The van der Waals surface area contributed by atoms with E-state index in [0.29, 0.717) is 18.1 Å². The summed E-state index contributed by atoms with van der Waals surface area (Å²) in [5.74, 6) is 0.734. The molecule has 1 aliphatic rings. The van der Waals surface area contributed by atoms with Crippen LogP contribution in [0.4, 0.5) is 0 Å². The number of furan rings is 1.